The molecule has 18 heavy (non-hydrogen) atoms. The van der Waals surface area contributed by atoms with Crippen LogP contribution in [0.3, 0.4) is 0 Å². The minimum absolute atomic E-state index is 0.157. The van der Waals surface area contributed by atoms with E-state index in [4.69, 9.17) is 5.73 Å². The maximum atomic E-state index is 11.7. The molecule has 2 amide bonds. The lowest BCUT2D eigenvalue weighted by Gasteiger charge is -2.11. The second-order valence-corrected chi connectivity index (χ2v) is 5.27. The van der Waals surface area contributed by atoms with Gasteiger partial charge in [-0.15, -0.1) is 11.3 Å². The number of rotatable bonds is 2. The monoisotopic (exact) mass is 261 g/mol. The first-order valence-electron chi connectivity index (χ1n) is 5.65. The Balaban J connectivity index is 2.05. The summed E-state index contributed by atoms with van der Waals surface area (Å²) in [5, 5.41) is 1.84. The number of pyridine rings is 1. The highest BCUT2D eigenvalue weighted by Gasteiger charge is 2.23. The molecular formula is C12H11N3O2S. The van der Waals surface area contributed by atoms with Crippen molar-refractivity contribution in [2.75, 3.05) is 11.4 Å². The van der Waals surface area contributed by atoms with Gasteiger partial charge < -0.3 is 10.6 Å². The summed E-state index contributed by atoms with van der Waals surface area (Å²) in [5.41, 5.74) is 5.45. The van der Waals surface area contributed by atoms with Gasteiger partial charge in [0.15, 0.2) is 0 Å². The second kappa shape index (κ2) is 4.06. The molecule has 2 N–H and O–H groups in total. The maximum Gasteiger partial charge on any atom is 0.267 e. The van der Waals surface area contributed by atoms with Gasteiger partial charge in [-0.25, -0.2) is 0 Å². The Morgan fingerprint density at radius 2 is 2.28 bits per heavy atom. The van der Waals surface area contributed by atoms with Gasteiger partial charge in [-0.05, 0) is 18.6 Å². The van der Waals surface area contributed by atoms with Gasteiger partial charge >= 0.3 is 0 Å². The van der Waals surface area contributed by atoms with Crippen LogP contribution in [0.5, 0.6) is 0 Å². The summed E-state index contributed by atoms with van der Waals surface area (Å²) in [6.07, 6.45) is 3.13. The van der Waals surface area contributed by atoms with Crippen molar-refractivity contribution in [3.05, 3.63) is 24.0 Å². The number of nitrogens with two attached hydrogens (primary N) is 1. The number of thiophene rings is 1. The normalized spacial score (nSPS) is 15.6. The third-order valence-corrected chi connectivity index (χ3v) is 4.10. The topological polar surface area (TPSA) is 76.3 Å². The van der Waals surface area contributed by atoms with Crippen LogP contribution in [0.25, 0.3) is 10.1 Å². The van der Waals surface area contributed by atoms with Crippen LogP contribution >= 0.6 is 11.3 Å². The second-order valence-electron chi connectivity index (χ2n) is 4.21. The number of nitrogens with zero attached hydrogens (tertiary/aromatic N) is 2. The Hall–Kier alpha value is -1.95. The molecule has 1 aliphatic rings. The predicted octanol–water partition coefficient (Wildman–Crippen LogP) is 1.52. The Labute approximate surface area is 107 Å². The summed E-state index contributed by atoms with van der Waals surface area (Å²) in [5.74, 6) is -0.381. The number of carbonyl (C=O) groups is 2. The highest BCUT2D eigenvalue weighted by molar-refractivity contribution is 7.23. The molecule has 6 heteroatoms. The van der Waals surface area contributed by atoms with E-state index in [1.54, 1.807) is 17.2 Å². The zero-order valence-electron chi connectivity index (χ0n) is 9.55. The minimum atomic E-state index is -0.538. The standard InChI is InChI=1S/C12H11N3O2S/c13-12(17)8-5-9-7(6-14-8)4-11(18-9)15-3-1-2-10(15)16/h4-6H,1-3H2,(H2,13,17). The van der Waals surface area contributed by atoms with E-state index in [9.17, 15) is 9.59 Å². The van der Waals surface area contributed by atoms with Crippen LogP contribution in [0, 0.1) is 0 Å². The quantitative estimate of drug-likeness (QED) is 0.890. The van der Waals surface area contributed by atoms with E-state index >= 15 is 0 Å². The number of fused-ring (bicyclic) bond motifs is 1. The third kappa shape index (κ3) is 1.74. The fourth-order valence-electron chi connectivity index (χ4n) is 2.07. The molecule has 0 saturated carbocycles. The number of carbonyl (C=O) groups excluding carboxylic acids is 2. The average molecular weight is 261 g/mol. The van der Waals surface area contributed by atoms with Gasteiger partial charge in [0.05, 0.1) is 5.00 Å². The Morgan fingerprint density at radius 3 is 2.94 bits per heavy atom. The fourth-order valence-corrected chi connectivity index (χ4v) is 3.18. The smallest absolute Gasteiger partial charge is 0.267 e. The molecule has 5 nitrogen and oxygen atoms in total. The van der Waals surface area contributed by atoms with E-state index in [2.05, 4.69) is 4.98 Å². The first-order valence-corrected chi connectivity index (χ1v) is 6.46. The van der Waals surface area contributed by atoms with Crippen molar-refractivity contribution < 1.29 is 9.59 Å². The highest BCUT2D eigenvalue weighted by Crippen LogP contribution is 2.34. The summed E-state index contributed by atoms with van der Waals surface area (Å²) >= 11 is 1.49. The van der Waals surface area contributed by atoms with Gasteiger partial charge in [0.1, 0.15) is 5.69 Å². The molecule has 0 bridgehead atoms. The van der Waals surface area contributed by atoms with Gasteiger partial charge in [-0.1, -0.05) is 0 Å². The predicted molar refractivity (Wildman–Crippen MR) is 69.7 cm³/mol. The molecule has 1 aliphatic heterocycles. The first kappa shape index (κ1) is 11.2. The van der Waals surface area contributed by atoms with E-state index < -0.39 is 5.91 Å². The van der Waals surface area contributed by atoms with Crippen molar-refractivity contribution in [1.82, 2.24) is 4.98 Å². The first-order chi connectivity index (χ1) is 8.65. The Kier molecular flexibility index (Phi) is 2.52. The van der Waals surface area contributed by atoms with E-state index in [-0.39, 0.29) is 11.6 Å². The lowest BCUT2D eigenvalue weighted by atomic mass is 10.3. The summed E-state index contributed by atoms with van der Waals surface area (Å²) < 4.78 is 0.925. The average Bonchev–Trinajstić information content (AvgIpc) is 2.92. The van der Waals surface area contributed by atoms with Gasteiger partial charge in [0.25, 0.3) is 5.91 Å². The number of amides is 2. The van der Waals surface area contributed by atoms with Crippen molar-refractivity contribution in [3.63, 3.8) is 0 Å². The SMILES string of the molecule is NC(=O)c1cc2sc(N3CCCC3=O)cc2cn1. The number of anilines is 1. The lowest BCUT2D eigenvalue weighted by Crippen LogP contribution is -2.22. The number of hydrogen-bond acceptors (Lipinski definition) is 4. The Bertz CT molecular complexity index is 650. The largest absolute Gasteiger partial charge is 0.364 e. The van der Waals surface area contributed by atoms with E-state index in [1.807, 2.05) is 6.07 Å². The fraction of sp³-hybridized carbons (Fsp3) is 0.250. The third-order valence-electron chi connectivity index (χ3n) is 2.98. The van der Waals surface area contributed by atoms with Gasteiger partial charge in [0, 0.05) is 29.2 Å². The van der Waals surface area contributed by atoms with Crippen molar-refractivity contribution in [2.24, 2.45) is 5.73 Å². The van der Waals surface area contributed by atoms with E-state index in [0.29, 0.717) is 6.42 Å². The molecular weight excluding hydrogens is 250 g/mol. The summed E-state index contributed by atoms with van der Waals surface area (Å²) in [7, 11) is 0. The molecule has 0 aromatic carbocycles. The van der Waals surface area contributed by atoms with E-state index in [1.165, 1.54) is 11.3 Å². The van der Waals surface area contributed by atoms with Crippen LogP contribution in [0.15, 0.2) is 18.3 Å². The van der Waals surface area contributed by atoms with Crippen molar-refractivity contribution in [3.8, 4) is 0 Å². The van der Waals surface area contributed by atoms with Crippen LogP contribution in [0.2, 0.25) is 0 Å². The van der Waals surface area contributed by atoms with Gasteiger partial charge in [-0.3, -0.25) is 14.6 Å². The molecule has 2 aromatic heterocycles. The molecule has 92 valence electrons. The maximum absolute atomic E-state index is 11.7. The Morgan fingerprint density at radius 1 is 1.44 bits per heavy atom. The highest BCUT2D eigenvalue weighted by atomic mass is 32.1. The van der Waals surface area contributed by atoms with Gasteiger partial charge in [-0.2, -0.15) is 0 Å². The number of hydrogen-bond donors (Lipinski definition) is 1. The zero-order chi connectivity index (χ0) is 12.7. The molecule has 1 fully saturated rings. The van der Waals surface area contributed by atoms with Gasteiger partial charge in [0.2, 0.25) is 5.91 Å². The lowest BCUT2D eigenvalue weighted by molar-refractivity contribution is -0.117. The molecule has 0 atom stereocenters. The summed E-state index contributed by atoms with van der Waals surface area (Å²) in [6.45, 7) is 0.766. The van der Waals surface area contributed by atoms with Crippen molar-refractivity contribution in [2.45, 2.75) is 12.8 Å². The molecule has 0 radical (unpaired) electrons. The van der Waals surface area contributed by atoms with Crippen molar-refractivity contribution >= 4 is 38.2 Å². The molecule has 1 saturated heterocycles. The van der Waals surface area contributed by atoms with Crippen molar-refractivity contribution in [1.29, 1.82) is 0 Å². The summed E-state index contributed by atoms with van der Waals surface area (Å²) in [4.78, 5) is 28.5. The molecule has 0 unspecified atom stereocenters. The zero-order valence-corrected chi connectivity index (χ0v) is 10.4. The number of aromatic nitrogens is 1. The van der Waals surface area contributed by atoms with E-state index in [0.717, 1.165) is 28.1 Å². The van der Waals surface area contributed by atoms with Crippen LogP contribution in [-0.2, 0) is 4.79 Å². The van der Waals surface area contributed by atoms with Crippen LogP contribution in [0.1, 0.15) is 23.3 Å². The van der Waals surface area contributed by atoms with Crippen LogP contribution in [0.4, 0.5) is 5.00 Å². The molecule has 0 spiro atoms. The van der Waals surface area contributed by atoms with Crippen LogP contribution in [-0.4, -0.2) is 23.3 Å². The molecule has 2 aromatic rings. The minimum Gasteiger partial charge on any atom is -0.364 e. The molecule has 3 heterocycles. The number of primary amides is 1. The molecule has 3 rings (SSSR count). The van der Waals surface area contributed by atoms with Crippen LogP contribution < -0.4 is 10.6 Å². The molecule has 0 aliphatic carbocycles. The summed E-state index contributed by atoms with van der Waals surface area (Å²) in [6, 6.07) is 3.60.